The Morgan fingerprint density at radius 2 is 2.07 bits per heavy atom. The lowest BCUT2D eigenvalue weighted by Crippen LogP contribution is -2.26. The van der Waals surface area contributed by atoms with Crippen molar-refractivity contribution in [1.29, 1.82) is 0 Å². The number of hydrogen-bond acceptors (Lipinski definition) is 8. The minimum atomic E-state index is -0.631. The molecule has 3 rings (SSSR count). The number of nitro groups is 1. The first-order valence-corrected chi connectivity index (χ1v) is 9.04. The normalized spacial score (nSPS) is 10.5. The van der Waals surface area contributed by atoms with Crippen LogP contribution >= 0.6 is 11.3 Å². The summed E-state index contributed by atoms with van der Waals surface area (Å²) >= 11 is 1.43. The number of nitro benzene ring substituents is 1. The fraction of sp³-hybridized carbons (Fsp3) is 0.235. The van der Waals surface area contributed by atoms with Crippen LogP contribution in [0.1, 0.15) is 16.1 Å². The van der Waals surface area contributed by atoms with Gasteiger partial charge in [-0.15, -0.1) is 11.3 Å². The number of amides is 1. The molecule has 0 aliphatic rings. The van der Waals surface area contributed by atoms with Crippen LogP contribution in [0.2, 0.25) is 0 Å². The summed E-state index contributed by atoms with van der Waals surface area (Å²) in [5, 5.41) is 20.7. The van der Waals surface area contributed by atoms with Gasteiger partial charge in [-0.25, -0.2) is 9.67 Å². The Balaban J connectivity index is 1.68. The van der Waals surface area contributed by atoms with Crippen molar-refractivity contribution < 1.29 is 19.2 Å². The Morgan fingerprint density at radius 3 is 2.71 bits per heavy atom. The van der Waals surface area contributed by atoms with Crippen LogP contribution in [0.4, 0.5) is 5.69 Å². The van der Waals surface area contributed by atoms with Crippen LogP contribution < -0.4 is 14.8 Å². The van der Waals surface area contributed by atoms with Crippen molar-refractivity contribution in [2.45, 2.75) is 6.42 Å². The lowest BCUT2D eigenvalue weighted by Gasteiger charge is -2.10. The maximum Gasteiger partial charge on any atom is 0.286 e. The van der Waals surface area contributed by atoms with Gasteiger partial charge in [-0.3, -0.25) is 14.9 Å². The zero-order valence-corrected chi connectivity index (χ0v) is 15.9. The van der Waals surface area contributed by atoms with Crippen LogP contribution in [0.25, 0.3) is 5.13 Å². The van der Waals surface area contributed by atoms with Gasteiger partial charge in [0.05, 0.1) is 30.9 Å². The largest absolute Gasteiger partial charge is 0.493 e. The van der Waals surface area contributed by atoms with Gasteiger partial charge in [0.2, 0.25) is 5.13 Å². The molecule has 0 fully saturated rings. The molecule has 0 saturated heterocycles. The molecule has 0 spiro atoms. The molecular weight excluding hydrogens is 386 g/mol. The van der Waals surface area contributed by atoms with E-state index in [0.717, 1.165) is 10.8 Å². The Kier molecular flexibility index (Phi) is 5.84. The highest BCUT2D eigenvalue weighted by molar-refractivity contribution is 7.12. The number of carbonyl (C=O) groups excluding carboxylic acids is 1. The third kappa shape index (κ3) is 4.09. The second kappa shape index (κ2) is 8.48. The van der Waals surface area contributed by atoms with E-state index in [1.165, 1.54) is 37.7 Å². The van der Waals surface area contributed by atoms with E-state index in [1.54, 1.807) is 23.1 Å². The molecule has 1 amide bonds. The van der Waals surface area contributed by atoms with Crippen LogP contribution in [0.5, 0.6) is 11.5 Å². The zero-order chi connectivity index (χ0) is 20.1. The maximum absolute atomic E-state index is 12.5. The molecule has 2 aromatic heterocycles. The molecule has 0 bridgehead atoms. The smallest absolute Gasteiger partial charge is 0.286 e. The van der Waals surface area contributed by atoms with E-state index in [0.29, 0.717) is 6.42 Å². The number of rotatable bonds is 8. The SMILES string of the molecule is COc1cc(C(=O)NCCc2csc(-n3cccn3)n2)c([N+](=O)[O-])cc1OC. The van der Waals surface area contributed by atoms with Crippen LogP contribution in [0, 0.1) is 10.1 Å². The number of methoxy groups -OCH3 is 2. The lowest BCUT2D eigenvalue weighted by atomic mass is 10.1. The minimum absolute atomic E-state index is 0.0989. The number of benzene rings is 1. The first-order chi connectivity index (χ1) is 13.5. The molecule has 0 radical (unpaired) electrons. The Labute approximate surface area is 163 Å². The van der Waals surface area contributed by atoms with Gasteiger partial charge in [-0.2, -0.15) is 5.10 Å². The number of carbonyl (C=O) groups is 1. The van der Waals surface area contributed by atoms with Crippen molar-refractivity contribution in [3.8, 4) is 16.6 Å². The molecule has 146 valence electrons. The molecule has 10 nitrogen and oxygen atoms in total. The van der Waals surface area contributed by atoms with E-state index in [9.17, 15) is 14.9 Å². The van der Waals surface area contributed by atoms with E-state index in [2.05, 4.69) is 15.4 Å². The Hall–Kier alpha value is -3.47. The van der Waals surface area contributed by atoms with E-state index in [4.69, 9.17) is 9.47 Å². The maximum atomic E-state index is 12.5. The summed E-state index contributed by atoms with van der Waals surface area (Å²) in [7, 11) is 2.76. The molecule has 0 aliphatic carbocycles. The van der Waals surface area contributed by atoms with E-state index in [1.807, 2.05) is 5.38 Å². The molecule has 0 atom stereocenters. The summed E-state index contributed by atoms with van der Waals surface area (Å²) in [6.07, 6.45) is 3.93. The third-order valence-corrected chi connectivity index (χ3v) is 4.73. The molecular formula is C17H17N5O5S. The molecule has 3 aromatic rings. The highest BCUT2D eigenvalue weighted by Crippen LogP contribution is 2.34. The summed E-state index contributed by atoms with van der Waals surface area (Å²) < 4.78 is 11.8. The number of hydrogen-bond donors (Lipinski definition) is 1. The quantitative estimate of drug-likeness (QED) is 0.452. The molecule has 11 heteroatoms. The molecule has 0 aliphatic heterocycles. The standard InChI is InChI=1S/C17H17N5O5S/c1-26-14-8-12(13(22(24)25)9-15(14)27-2)16(23)18-6-4-11-10-28-17(20-11)21-7-3-5-19-21/h3,5,7-10H,4,6H2,1-2H3,(H,18,23). The van der Waals surface area contributed by atoms with Gasteiger partial charge in [-0.1, -0.05) is 0 Å². The van der Waals surface area contributed by atoms with Crippen LogP contribution in [-0.2, 0) is 6.42 Å². The Bertz CT molecular complexity index is 986. The highest BCUT2D eigenvalue weighted by atomic mass is 32.1. The van der Waals surface area contributed by atoms with Gasteiger partial charge >= 0.3 is 0 Å². The van der Waals surface area contributed by atoms with E-state index >= 15 is 0 Å². The predicted molar refractivity (Wildman–Crippen MR) is 101 cm³/mol. The second-order valence-corrected chi connectivity index (χ2v) is 6.40. The summed E-state index contributed by atoms with van der Waals surface area (Å²) in [4.78, 5) is 27.6. The van der Waals surface area contributed by atoms with Gasteiger partial charge in [0, 0.05) is 36.8 Å². The summed E-state index contributed by atoms with van der Waals surface area (Å²) in [5.41, 5.74) is 0.334. The average Bonchev–Trinajstić information content (AvgIpc) is 3.38. The molecule has 0 saturated carbocycles. The molecule has 1 aromatic carbocycles. The van der Waals surface area contributed by atoms with E-state index < -0.39 is 10.8 Å². The van der Waals surface area contributed by atoms with Crippen molar-refractivity contribution in [2.24, 2.45) is 0 Å². The van der Waals surface area contributed by atoms with Crippen LogP contribution in [0.3, 0.4) is 0 Å². The first kappa shape index (κ1) is 19.3. The Morgan fingerprint density at radius 1 is 1.32 bits per heavy atom. The first-order valence-electron chi connectivity index (χ1n) is 8.16. The number of nitrogens with zero attached hydrogens (tertiary/aromatic N) is 4. The summed E-state index contributed by atoms with van der Waals surface area (Å²) in [5.74, 6) is -0.156. The molecule has 1 N–H and O–H groups in total. The highest BCUT2D eigenvalue weighted by Gasteiger charge is 2.24. The predicted octanol–water partition coefficient (Wildman–Crippen LogP) is 2.23. The van der Waals surface area contributed by atoms with Crippen molar-refractivity contribution in [1.82, 2.24) is 20.1 Å². The van der Waals surface area contributed by atoms with Crippen molar-refractivity contribution in [3.05, 3.63) is 57.3 Å². The van der Waals surface area contributed by atoms with Gasteiger partial charge in [-0.05, 0) is 6.07 Å². The second-order valence-electron chi connectivity index (χ2n) is 5.56. The average molecular weight is 403 g/mol. The lowest BCUT2D eigenvalue weighted by molar-refractivity contribution is -0.385. The van der Waals surface area contributed by atoms with Gasteiger partial charge in [0.15, 0.2) is 11.5 Å². The summed E-state index contributed by atoms with van der Waals surface area (Å²) in [6, 6.07) is 4.27. The fourth-order valence-electron chi connectivity index (χ4n) is 2.50. The van der Waals surface area contributed by atoms with Crippen molar-refractivity contribution in [3.63, 3.8) is 0 Å². The number of ether oxygens (including phenoxy) is 2. The number of thiazole rings is 1. The molecule has 0 unspecified atom stereocenters. The third-order valence-electron chi connectivity index (χ3n) is 3.85. The van der Waals surface area contributed by atoms with E-state index in [-0.39, 0.29) is 29.3 Å². The fourth-order valence-corrected chi connectivity index (χ4v) is 3.30. The van der Waals surface area contributed by atoms with Crippen LogP contribution in [0.15, 0.2) is 36.0 Å². The summed E-state index contributed by atoms with van der Waals surface area (Å²) in [6.45, 7) is 0.270. The minimum Gasteiger partial charge on any atom is -0.493 e. The number of aromatic nitrogens is 3. The van der Waals surface area contributed by atoms with Gasteiger partial charge in [0.25, 0.3) is 11.6 Å². The number of nitrogens with one attached hydrogen (secondary N) is 1. The van der Waals surface area contributed by atoms with Crippen molar-refractivity contribution in [2.75, 3.05) is 20.8 Å². The van der Waals surface area contributed by atoms with Crippen LogP contribution in [-0.4, -0.2) is 46.4 Å². The zero-order valence-electron chi connectivity index (χ0n) is 15.1. The van der Waals surface area contributed by atoms with Gasteiger partial charge in [0.1, 0.15) is 5.56 Å². The van der Waals surface area contributed by atoms with Gasteiger partial charge < -0.3 is 14.8 Å². The molecule has 2 heterocycles. The topological polar surface area (TPSA) is 121 Å². The monoisotopic (exact) mass is 403 g/mol. The van der Waals surface area contributed by atoms with Crippen molar-refractivity contribution >= 4 is 22.9 Å². The molecule has 28 heavy (non-hydrogen) atoms.